The van der Waals surface area contributed by atoms with Crippen LogP contribution in [0.2, 0.25) is 0 Å². The van der Waals surface area contributed by atoms with E-state index in [0.29, 0.717) is 19.4 Å². The molecule has 0 spiro atoms. The number of unbranched alkanes of at least 4 members (excludes halogenated alkanes) is 17. The number of hydrogen-bond donors (Lipinski definition) is 0. The van der Waals surface area contributed by atoms with Gasteiger partial charge in [-0.1, -0.05) is 153 Å². The van der Waals surface area contributed by atoms with Crippen molar-refractivity contribution in [1.29, 1.82) is 0 Å². The quantitative estimate of drug-likeness (QED) is 0.0376. The van der Waals surface area contributed by atoms with Gasteiger partial charge in [-0.25, -0.2) is 0 Å². The van der Waals surface area contributed by atoms with Gasteiger partial charge in [0.15, 0.2) is 6.10 Å². The monoisotopic (exact) mass is 673 g/mol. The highest BCUT2D eigenvalue weighted by molar-refractivity contribution is 5.70. The molecule has 48 heavy (non-hydrogen) atoms. The number of carbonyl (C=O) groups excluding carboxylic acids is 2. The molecular weight excluding hydrogens is 596 g/mol. The second-order valence-corrected chi connectivity index (χ2v) is 13.2. The third kappa shape index (κ3) is 36.7. The average Bonchev–Trinajstić information content (AvgIpc) is 3.08. The van der Waals surface area contributed by atoms with E-state index in [1.807, 2.05) is 0 Å². The van der Waals surface area contributed by atoms with Gasteiger partial charge in [0.25, 0.3) is 0 Å². The number of allylic oxidation sites excluding steroid dienone is 8. The molecule has 0 N–H and O–H groups in total. The van der Waals surface area contributed by atoms with Crippen molar-refractivity contribution in [3.8, 4) is 0 Å². The van der Waals surface area contributed by atoms with Crippen LogP contribution in [0, 0.1) is 0 Å². The number of esters is 2. The molecule has 5 nitrogen and oxygen atoms in total. The predicted molar refractivity (Wildman–Crippen MR) is 205 cm³/mol. The molecule has 0 aromatic rings. The second kappa shape index (κ2) is 39.3. The van der Waals surface area contributed by atoms with Crippen molar-refractivity contribution in [2.75, 3.05) is 19.8 Å². The SMILES string of the molecule is CC/C=C\C/C=C\C/C=C\CCCCCCCC(=O)OCC(COCCCCCCCC/C=C\CCCC)OC(=O)CCCCCCC. The van der Waals surface area contributed by atoms with Crippen LogP contribution in [0.15, 0.2) is 48.6 Å². The summed E-state index contributed by atoms with van der Waals surface area (Å²) in [4.78, 5) is 24.9. The van der Waals surface area contributed by atoms with Crippen LogP contribution in [0.4, 0.5) is 0 Å². The minimum absolute atomic E-state index is 0.0737. The Bertz CT molecular complexity index is 812. The van der Waals surface area contributed by atoms with E-state index in [-0.39, 0.29) is 25.2 Å². The number of ether oxygens (including phenoxy) is 3. The second-order valence-electron chi connectivity index (χ2n) is 13.2. The van der Waals surface area contributed by atoms with Gasteiger partial charge in [-0.05, 0) is 70.6 Å². The molecule has 0 aromatic carbocycles. The maximum atomic E-state index is 12.5. The molecule has 0 rings (SSSR count). The Balaban J connectivity index is 4.13. The zero-order valence-electron chi connectivity index (χ0n) is 31.7. The topological polar surface area (TPSA) is 61.8 Å². The van der Waals surface area contributed by atoms with Crippen molar-refractivity contribution in [3.05, 3.63) is 48.6 Å². The van der Waals surface area contributed by atoms with Gasteiger partial charge >= 0.3 is 11.9 Å². The summed E-state index contributed by atoms with van der Waals surface area (Å²) >= 11 is 0. The van der Waals surface area contributed by atoms with E-state index < -0.39 is 6.10 Å². The molecule has 0 aliphatic heterocycles. The Labute approximate surface area is 297 Å². The van der Waals surface area contributed by atoms with E-state index in [4.69, 9.17) is 14.2 Å². The van der Waals surface area contributed by atoms with Gasteiger partial charge in [0.2, 0.25) is 0 Å². The predicted octanol–water partition coefficient (Wildman–Crippen LogP) is 12.9. The maximum absolute atomic E-state index is 12.5. The van der Waals surface area contributed by atoms with E-state index in [9.17, 15) is 9.59 Å². The van der Waals surface area contributed by atoms with Gasteiger partial charge in [-0.2, -0.15) is 0 Å². The Morgan fingerprint density at radius 1 is 0.479 bits per heavy atom. The fourth-order valence-electron chi connectivity index (χ4n) is 5.33. The van der Waals surface area contributed by atoms with Crippen molar-refractivity contribution < 1.29 is 23.8 Å². The molecule has 278 valence electrons. The normalized spacial score (nSPS) is 12.6. The summed E-state index contributed by atoms with van der Waals surface area (Å²) in [5.41, 5.74) is 0. The molecule has 0 bridgehead atoms. The minimum atomic E-state index is -0.538. The van der Waals surface area contributed by atoms with Crippen molar-refractivity contribution in [3.63, 3.8) is 0 Å². The lowest BCUT2D eigenvalue weighted by Gasteiger charge is -2.18. The van der Waals surface area contributed by atoms with E-state index in [1.165, 1.54) is 77.0 Å². The molecule has 0 heterocycles. The molecule has 1 unspecified atom stereocenters. The number of hydrogen-bond acceptors (Lipinski definition) is 5. The summed E-state index contributed by atoms with van der Waals surface area (Å²) in [6, 6.07) is 0. The highest BCUT2D eigenvalue weighted by atomic mass is 16.6. The maximum Gasteiger partial charge on any atom is 0.306 e. The molecule has 0 saturated carbocycles. The van der Waals surface area contributed by atoms with Crippen molar-refractivity contribution in [1.82, 2.24) is 0 Å². The van der Waals surface area contributed by atoms with Gasteiger partial charge in [-0.3, -0.25) is 9.59 Å². The highest BCUT2D eigenvalue weighted by Gasteiger charge is 2.17. The first-order chi connectivity index (χ1) is 23.6. The zero-order chi connectivity index (χ0) is 35.0. The van der Waals surface area contributed by atoms with Crippen LogP contribution >= 0.6 is 0 Å². The van der Waals surface area contributed by atoms with Crippen LogP contribution in [-0.2, 0) is 23.8 Å². The molecular formula is C43H76O5. The molecule has 0 radical (unpaired) electrons. The van der Waals surface area contributed by atoms with Crippen molar-refractivity contribution in [2.45, 2.75) is 194 Å². The summed E-state index contributed by atoms with van der Waals surface area (Å²) in [6.07, 6.45) is 45.5. The summed E-state index contributed by atoms with van der Waals surface area (Å²) < 4.78 is 17.1. The smallest absolute Gasteiger partial charge is 0.306 e. The molecule has 5 heteroatoms. The van der Waals surface area contributed by atoms with Gasteiger partial charge in [0, 0.05) is 19.4 Å². The van der Waals surface area contributed by atoms with Crippen LogP contribution in [-0.4, -0.2) is 37.9 Å². The molecule has 0 aliphatic carbocycles. The lowest BCUT2D eigenvalue weighted by atomic mass is 10.1. The van der Waals surface area contributed by atoms with E-state index in [2.05, 4.69) is 69.4 Å². The van der Waals surface area contributed by atoms with Crippen LogP contribution in [0.3, 0.4) is 0 Å². The standard InChI is InChI=1S/C43H76O5/c1-4-7-10-13-15-17-19-21-22-23-24-26-28-31-33-36-42(44)47-40-41(48-43(45)37-34-30-12-9-6-3)39-46-38-35-32-29-27-25-20-18-16-14-11-8-5-2/h7,10,14-17,21-22,41H,4-6,8-9,11-13,18-20,23-40H2,1-3H3/b10-7-,16-14-,17-15-,22-21-. The van der Waals surface area contributed by atoms with Crippen molar-refractivity contribution in [2.24, 2.45) is 0 Å². The molecule has 0 aromatic heterocycles. The molecule has 0 fully saturated rings. The van der Waals surface area contributed by atoms with Gasteiger partial charge in [0.1, 0.15) is 6.61 Å². The summed E-state index contributed by atoms with van der Waals surface area (Å²) in [5.74, 6) is -0.435. The fraction of sp³-hybridized carbons (Fsp3) is 0.767. The Kier molecular flexibility index (Phi) is 37.5. The van der Waals surface area contributed by atoms with E-state index in [1.54, 1.807) is 0 Å². The van der Waals surface area contributed by atoms with Crippen LogP contribution < -0.4 is 0 Å². The average molecular weight is 673 g/mol. The van der Waals surface area contributed by atoms with E-state index >= 15 is 0 Å². The largest absolute Gasteiger partial charge is 0.462 e. The summed E-state index contributed by atoms with van der Waals surface area (Å²) in [6.45, 7) is 7.57. The molecule has 0 saturated heterocycles. The summed E-state index contributed by atoms with van der Waals surface area (Å²) in [7, 11) is 0. The highest BCUT2D eigenvalue weighted by Crippen LogP contribution is 2.12. The number of carbonyl (C=O) groups is 2. The first kappa shape index (κ1) is 45.9. The fourth-order valence-corrected chi connectivity index (χ4v) is 5.33. The molecule has 1 atom stereocenters. The van der Waals surface area contributed by atoms with Gasteiger partial charge in [-0.15, -0.1) is 0 Å². The lowest BCUT2D eigenvalue weighted by molar-refractivity contribution is -0.163. The molecule has 0 aliphatic rings. The van der Waals surface area contributed by atoms with Crippen molar-refractivity contribution >= 4 is 11.9 Å². The third-order valence-corrected chi connectivity index (χ3v) is 8.35. The number of rotatable bonds is 36. The third-order valence-electron chi connectivity index (χ3n) is 8.35. The lowest BCUT2D eigenvalue weighted by Crippen LogP contribution is -2.30. The zero-order valence-corrected chi connectivity index (χ0v) is 31.7. The van der Waals surface area contributed by atoms with E-state index in [0.717, 1.165) is 77.0 Å². The summed E-state index contributed by atoms with van der Waals surface area (Å²) in [5, 5.41) is 0. The van der Waals surface area contributed by atoms with Crippen LogP contribution in [0.1, 0.15) is 188 Å². The van der Waals surface area contributed by atoms with Gasteiger partial charge < -0.3 is 14.2 Å². The Hall–Kier alpha value is -2.14. The van der Waals surface area contributed by atoms with Crippen LogP contribution in [0.25, 0.3) is 0 Å². The minimum Gasteiger partial charge on any atom is -0.462 e. The van der Waals surface area contributed by atoms with Gasteiger partial charge in [0.05, 0.1) is 6.61 Å². The first-order valence-corrected chi connectivity index (χ1v) is 20.2. The Morgan fingerprint density at radius 2 is 0.958 bits per heavy atom. The van der Waals surface area contributed by atoms with Crippen LogP contribution in [0.5, 0.6) is 0 Å². The first-order valence-electron chi connectivity index (χ1n) is 20.2. The Morgan fingerprint density at radius 3 is 1.58 bits per heavy atom. The molecule has 0 amide bonds.